The van der Waals surface area contributed by atoms with Crippen LogP contribution in [0.2, 0.25) is 0 Å². The van der Waals surface area contributed by atoms with Crippen molar-refractivity contribution in [1.82, 2.24) is 0 Å². The first kappa shape index (κ1) is 10.5. The second-order valence-electron chi connectivity index (χ2n) is 2.76. The average molecular weight is 196 g/mol. The van der Waals surface area contributed by atoms with Gasteiger partial charge in [-0.3, -0.25) is 0 Å². The summed E-state index contributed by atoms with van der Waals surface area (Å²) >= 11 is 1.79. The van der Waals surface area contributed by atoms with Crippen molar-refractivity contribution in [2.45, 2.75) is 25.2 Å². The minimum absolute atomic E-state index is 0.738. The lowest BCUT2D eigenvalue weighted by atomic mass is 10.1. The number of ether oxygens (including phenoxy) is 1. The summed E-state index contributed by atoms with van der Waals surface area (Å²) in [6.45, 7) is 4.92. The maximum atomic E-state index is 5.44. The van der Waals surface area contributed by atoms with Crippen LogP contribution in [-0.4, -0.2) is 12.9 Å². The fourth-order valence-corrected chi connectivity index (χ4v) is 1.96. The van der Waals surface area contributed by atoms with Crippen molar-refractivity contribution in [2.75, 3.05) is 12.9 Å². The fourth-order valence-electron chi connectivity index (χ4n) is 1.29. The van der Waals surface area contributed by atoms with Gasteiger partial charge < -0.3 is 4.74 Å². The van der Waals surface area contributed by atoms with Crippen LogP contribution < -0.4 is 4.74 Å². The number of hydrogen-bond acceptors (Lipinski definition) is 2. The van der Waals surface area contributed by atoms with Gasteiger partial charge >= 0.3 is 0 Å². The first-order valence-corrected chi connectivity index (χ1v) is 5.84. The van der Waals surface area contributed by atoms with Crippen LogP contribution in [0.5, 0.6) is 5.75 Å². The standard InChI is InChI=1S/C11H16OS/c1-4-9-8-10(12-5-2)6-7-11(9)13-3/h6-8H,4-5H2,1-3H3. The normalized spacial score (nSPS) is 10.1. The molecule has 0 amide bonds. The van der Waals surface area contributed by atoms with Crippen LogP contribution in [-0.2, 0) is 6.42 Å². The van der Waals surface area contributed by atoms with Gasteiger partial charge in [0.15, 0.2) is 0 Å². The van der Waals surface area contributed by atoms with Gasteiger partial charge in [0.05, 0.1) is 6.61 Å². The van der Waals surface area contributed by atoms with Gasteiger partial charge in [-0.15, -0.1) is 11.8 Å². The van der Waals surface area contributed by atoms with E-state index in [1.54, 1.807) is 11.8 Å². The molecule has 0 saturated heterocycles. The van der Waals surface area contributed by atoms with E-state index in [-0.39, 0.29) is 0 Å². The maximum Gasteiger partial charge on any atom is 0.119 e. The quantitative estimate of drug-likeness (QED) is 0.683. The molecule has 0 aliphatic heterocycles. The van der Waals surface area contributed by atoms with Gasteiger partial charge in [-0.25, -0.2) is 0 Å². The Kier molecular flexibility index (Phi) is 4.16. The van der Waals surface area contributed by atoms with Crippen molar-refractivity contribution in [2.24, 2.45) is 0 Å². The summed E-state index contributed by atoms with van der Waals surface area (Å²) in [5, 5.41) is 0. The van der Waals surface area contributed by atoms with E-state index >= 15 is 0 Å². The van der Waals surface area contributed by atoms with Gasteiger partial charge in [0.1, 0.15) is 5.75 Å². The van der Waals surface area contributed by atoms with Crippen molar-refractivity contribution in [3.05, 3.63) is 23.8 Å². The van der Waals surface area contributed by atoms with E-state index in [1.165, 1.54) is 10.5 Å². The van der Waals surface area contributed by atoms with Crippen molar-refractivity contribution in [3.8, 4) is 5.75 Å². The molecule has 13 heavy (non-hydrogen) atoms. The molecule has 1 rings (SSSR count). The van der Waals surface area contributed by atoms with Gasteiger partial charge in [-0.05, 0) is 43.4 Å². The lowest BCUT2D eigenvalue weighted by Gasteiger charge is -2.08. The van der Waals surface area contributed by atoms with E-state index in [2.05, 4.69) is 25.3 Å². The van der Waals surface area contributed by atoms with Gasteiger partial charge in [0, 0.05) is 4.90 Å². The molecule has 0 atom stereocenters. The van der Waals surface area contributed by atoms with Crippen LogP contribution in [0, 0.1) is 0 Å². The topological polar surface area (TPSA) is 9.23 Å². The summed E-state index contributed by atoms with van der Waals surface area (Å²) in [6, 6.07) is 6.30. The monoisotopic (exact) mass is 196 g/mol. The van der Waals surface area contributed by atoms with Crippen molar-refractivity contribution < 1.29 is 4.74 Å². The highest BCUT2D eigenvalue weighted by atomic mass is 32.2. The Morgan fingerprint density at radius 2 is 2.08 bits per heavy atom. The van der Waals surface area contributed by atoms with E-state index in [1.807, 2.05) is 13.0 Å². The molecule has 0 radical (unpaired) electrons. The lowest BCUT2D eigenvalue weighted by molar-refractivity contribution is 0.339. The second kappa shape index (κ2) is 5.18. The number of aryl methyl sites for hydroxylation is 1. The average Bonchev–Trinajstić information content (AvgIpc) is 2.18. The molecule has 1 nitrogen and oxygen atoms in total. The molecule has 0 saturated carbocycles. The van der Waals surface area contributed by atoms with Crippen LogP contribution in [0.15, 0.2) is 23.1 Å². The first-order valence-electron chi connectivity index (χ1n) is 4.61. The third-order valence-corrected chi connectivity index (χ3v) is 2.78. The molecule has 0 spiro atoms. The van der Waals surface area contributed by atoms with E-state index in [0.29, 0.717) is 0 Å². The Labute approximate surface area is 84.5 Å². The van der Waals surface area contributed by atoms with Gasteiger partial charge in [-0.1, -0.05) is 6.92 Å². The number of benzene rings is 1. The Morgan fingerprint density at radius 3 is 2.62 bits per heavy atom. The van der Waals surface area contributed by atoms with Crippen LogP contribution in [0.3, 0.4) is 0 Å². The zero-order valence-corrected chi connectivity index (χ0v) is 9.28. The van der Waals surface area contributed by atoms with Crippen molar-refractivity contribution in [3.63, 3.8) is 0 Å². The Hall–Kier alpha value is -0.630. The molecule has 0 heterocycles. The van der Waals surface area contributed by atoms with Crippen LogP contribution in [0.1, 0.15) is 19.4 Å². The summed E-state index contributed by atoms with van der Waals surface area (Å²) < 4.78 is 5.44. The van der Waals surface area contributed by atoms with Gasteiger partial charge in [0.2, 0.25) is 0 Å². The zero-order chi connectivity index (χ0) is 9.68. The lowest BCUT2D eigenvalue weighted by Crippen LogP contribution is -1.93. The minimum atomic E-state index is 0.738. The van der Waals surface area contributed by atoms with E-state index in [0.717, 1.165) is 18.8 Å². The molecule has 2 heteroatoms. The highest BCUT2D eigenvalue weighted by Crippen LogP contribution is 2.25. The molecule has 1 aromatic rings. The predicted octanol–water partition coefficient (Wildman–Crippen LogP) is 3.37. The highest BCUT2D eigenvalue weighted by molar-refractivity contribution is 7.98. The SMILES string of the molecule is CCOc1ccc(SC)c(CC)c1. The molecule has 0 bridgehead atoms. The molecule has 0 fully saturated rings. The van der Waals surface area contributed by atoms with Crippen molar-refractivity contribution in [1.29, 1.82) is 0 Å². The smallest absolute Gasteiger partial charge is 0.119 e. The molecule has 0 unspecified atom stereocenters. The van der Waals surface area contributed by atoms with Gasteiger partial charge in [0.25, 0.3) is 0 Å². The van der Waals surface area contributed by atoms with E-state index < -0.39 is 0 Å². The first-order chi connectivity index (χ1) is 6.31. The van der Waals surface area contributed by atoms with Crippen molar-refractivity contribution >= 4 is 11.8 Å². The Balaban J connectivity index is 2.91. The summed E-state index contributed by atoms with van der Waals surface area (Å²) in [5.74, 6) is 0.983. The summed E-state index contributed by atoms with van der Waals surface area (Å²) in [4.78, 5) is 1.35. The summed E-state index contributed by atoms with van der Waals surface area (Å²) in [5.41, 5.74) is 1.37. The predicted molar refractivity (Wildman–Crippen MR) is 58.8 cm³/mol. The summed E-state index contributed by atoms with van der Waals surface area (Å²) in [7, 11) is 0. The number of thioether (sulfide) groups is 1. The molecule has 0 aliphatic carbocycles. The highest BCUT2D eigenvalue weighted by Gasteiger charge is 2.01. The molecular weight excluding hydrogens is 180 g/mol. The Morgan fingerprint density at radius 1 is 1.31 bits per heavy atom. The maximum absolute atomic E-state index is 5.44. The number of rotatable bonds is 4. The summed E-state index contributed by atoms with van der Waals surface area (Å²) in [6.07, 6.45) is 3.17. The second-order valence-corrected chi connectivity index (χ2v) is 3.61. The molecular formula is C11H16OS. The molecule has 72 valence electrons. The molecule has 1 aromatic carbocycles. The van der Waals surface area contributed by atoms with Gasteiger partial charge in [-0.2, -0.15) is 0 Å². The van der Waals surface area contributed by atoms with E-state index in [4.69, 9.17) is 4.74 Å². The zero-order valence-electron chi connectivity index (χ0n) is 8.46. The number of hydrogen-bond donors (Lipinski definition) is 0. The largest absolute Gasteiger partial charge is 0.494 e. The molecule has 0 N–H and O–H groups in total. The Bertz CT molecular complexity index is 271. The van der Waals surface area contributed by atoms with Crippen LogP contribution >= 0.6 is 11.8 Å². The minimum Gasteiger partial charge on any atom is -0.494 e. The third-order valence-electron chi connectivity index (χ3n) is 1.94. The molecule has 0 aliphatic rings. The third kappa shape index (κ3) is 2.66. The van der Waals surface area contributed by atoms with E-state index in [9.17, 15) is 0 Å². The van der Waals surface area contributed by atoms with Crippen LogP contribution in [0.25, 0.3) is 0 Å². The molecule has 0 aromatic heterocycles. The van der Waals surface area contributed by atoms with Crippen LogP contribution in [0.4, 0.5) is 0 Å². The fraction of sp³-hybridized carbons (Fsp3) is 0.455.